The zero-order valence-corrected chi connectivity index (χ0v) is 14.0. The van der Waals surface area contributed by atoms with Crippen LogP contribution in [0.1, 0.15) is 31.7 Å². The number of amides is 4. The van der Waals surface area contributed by atoms with Gasteiger partial charge in [-0.05, 0) is 38.2 Å². The maximum absolute atomic E-state index is 12.7. The number of carbonyl (C=O) groups excluding carboxylic acids is 3. The summed E-state index contributed by atoms with van der Waals surface area (Å²) in [6.07, 6.45) is 3.18. The normalized spacial score (nSPS) is 23.7. The van der Waals surface area contributed by atoms with Gasteiger partial charge in [0.1, 0.15) is 12.1 Å². The second-order valence-corrected chi connectivity index (χ2v) is 6.73. The highest BCUT2D eigenvalue weighted by Gasteiger charge is 2.48. The van der Waals surface area contributed by atoms with E-state index < -0.39 is 11.6 Å². The first-order valence-electron chi connectivity index (χ1n) is 8.45. The summed E-state index contributed by atoms with van der Waals surface area (Å²) < 4.78 is 0. The zero-order valence-electron chi connectivity index (χ0n) is 14.0. The number of hydrogen-bond acceptors (Lipinski definition) is 3. The van der Waals surface area contributed by atoms with Crippen LogP contribution in [0.25, 0.3) is 0 Å². The third kappa shape index (κ3) is 3.27. The van der Waals surface area contributed by atoms with Crippen LogP contribution in [-0.2, 0) is 16.0 Å². The molecule has 3 rings (SSSR count). The molecule has 6 heteroatoms. The molecule has 2 heterocycles. The summed E-state index contributed by atoms with van der Waals surface area (Å²) in [5.41, 5.74) is 0.172. The Balaban J connectivity index is 1.63. The first kappa shape index (κ1) is 16.5. The number of nitrogens with one attached hydrogen (secondary N) is 1. The number of likely N-dealkylation sites (tertiary alicyclic amines) is 1. The molecular formula is C18H23N3O3. The number of nitrogens with zero attached hydrogens (tertiary/aromatic N) is 2. The number of imide groups is 1. The monoisotopic (exact) mass is 329 g/mol. The Morgan fingerprint density at radius 2 is 1.83 bits per heavy atom. The maximum Gasteiger partial charge on any atom is 0.325 e. The number of hydrogen-bond donors (Lipinski definition) is 1. The van der Waals surface area contributed by atoms with Crippen molar-refractivity contribution in [2.45, 2.75) is 38.1 Å². The summed E-state index contributed by atoms with van der Waals surface area (Å²) in [4.78, 5) is 39.9. The fraction of sp³-hybridized carbons (Fsp3) is 0.500. The van der Waals surface area contributed by atoms with Gasteiger partial charge in [-0.3, -0.25) is 14.5 Å². The van der Waals surface area contributed by atoms with Crippen molar-refractivity contribution in [3.05, 3.63) is 35.9 Å². The van der Waals surface area contributed by atoms with Crippen LogP contribution < -0.4 is 5.32 Å². The molecule has 2 aliphatic rings. The smallest absolute Gasteiger partial charge is 0.325 e. The molecule has 0 radical (unpaired) electrons. The Kier molecular flexibility index (Phi) is 4.55. The van der Waals surface area contributed by atoms with Gasteiger partial charge in [0.05, 0.1) is 0 Å². The van der Waals surface area contributed by atoms with E-state index in [1.54, 1.807) is 11.8 Å². The molecule has 0 saturated carbocycles. The van der Waals surface area contributed by atoms with E-state index in [1.165, 1.54) is 0 Å². The van der Waals surface area contributed by atoms with Crippen LogP contribution >= 0.6 is 0 Å². The van der Waals surface area contributed by atoms with Gasteiger partial charge < -0.3 is 10.2 Å². The highest BCUT2D eigenvalue weighted by molar-refractivity contribution is 6.08. The van der Waals surface area contributed by atoms with Gasteiger partial charge in [0.25, 0.3) is 5.91 Å². The van der Waals surface area contributed by atoms with E-state index in [2.05, 4.69) is 5.32 Å². The summed E-state index contributed by atoms with van der Waals surface area (Å²) in [7, 11) is 0. The van der Waals surface area contributed by atoms with Crippen LogP contribution in [0.2, 0.25) is 0 Å². The molecule has 0 unspecified atom stereocenters. The van der Waals surface area contributed by atoms with Gasteiger partial charge in [-0.2, -0.15) is 0 Å². The molecule has 0 spiro atoms. The van der Waals surface area contributed by atoms with Crippen molar-refractivity contribution in [1.29, 1.82) is 0 Å². The van der Waals surface area contributed by atoms with E-state index in [4.69, 9.17) is 0 Å². The average Bonchev–Trinajstić information content (AvgIpc) is 3.18. The van der Waals surface area contributed by atoms with Gasteiger partial charge in [-0.1, -0.05) is 30.3 Å². The molecule has 4 amide bonds. The van der Waals surface area contributed by atoms with Crippen molar-refractivity contribution in [3.63, 3.8) is 0 Å². The molecule has 24 heavy (non-hydrogen) atoms. The van der Waals surface area contributed by atoms with Crippen molar-refractivity contribution in [2.24, 2.45) is 0 Å². The predicted molar refractivity (Wildman–Crippen MR) is 89.2 cm³/mol. The van der Waals surface area contributed by atoms with Crippen LogP contribution in [0.3, 0.4) is 0 Å². The highest BCUT2D eigenvalue weighted by Crippen LogP contribution is 2.23. The lowest BCUT2D eigenvalue weighted by Gasteiger charge is -2.22. The van der Waals surface area contributed by atoms with E-state index >= 15 is 0 Å². The average molecular weight is 329 g/mol. The maximum atomic E-state index is 12.7. The first-order chi connectivity index (χ1) is 11.5. The topological polar surface area (TPSA) is 69.7 Å². The van der Waals surface area contributed by atoms with Gasteiger partial charge in [0.2, 0.25) is 5.91 Å². The standard InChI is InChI=1S/C18H23N3O3/c1-18(10-9-14-7-3-2-4-8-14)16(23)21(17(24)19-18)13-15(22)20-11-5-6-12-20/h2-4,7-8H,5-6,9-13H2,1H3,(H,19,24)/t18-/m1/s1. The number of carbonyl (C=O) groups is 3. The summed E-state index contributed by atoms with van der Waals surface area (Å²) in [6.45, 7) is 3.00. The summed E-state index contributed by atoms with van der Waals surface area (Å²) >= 11 is 0. The fourth-order valence-electron chi connectivity index (χ4n) is 3.30. The molecule has 1 N–H and O–H groups in total. The van der Waals surface area contributed by atoms with Crippen molar-refractivity contribution >= 4 is 17.8 Å². The van der Waals surface area contributed by atoms with Gasteiger partial charge in [0.15, 0.2) is 0 Å². The third-order valence-electron chi connectivity index (χ3n) is 4.85. The fourth-order valence-corrected chi connectivity index (χ4v) is 3.30. The second kappa shape index (κ2) is 6.63. The number of urea groups is 1. The molecule has 2 saturated heterocycles. The van der Waals surface area contributed by atoms with Crippen LogP contribution in [0.5, 0.6) is 0 Å². The third-order valence-corrected chi connectivity index (χ3v) is 4.85. The molecule has 0 aliphatic carbocycles. The minimum absolute atomic E-state index is 0.150. The van der Waals surface area contributed by atoms with Gasteiger partial charge in [-0.25, -0.2) is 4.79 Å². The minimum Gasteiger partial charge on any atom is -0.341 e. The molecule has 2 aliphatic heterocycles. The van der Waals surface area contributed by atoms with Crippen molar-refractivity contribution in [1.82, 2.24) is 15.1 Å². The molecule has 2 fully saturated rings. The van der Waals surface area contributed by atoms with Gasteiger partial charge in [0, 0.05) is 13.1 Å². The lowest BCUT2D eigenvalue weighted by molar-refractivity contribution is -0.138. The van der Waals surface area contributed by atoms with Gasteiger partial charge >= 0.3 is 6.03 Å². The quantitative estimate of drug-likeness (QED) is 0.833. The molecule has 0 bridgehead atoms. The molecule has 1 atom stereocenters. The molecule has 128 valence electrons. The minimum atomic E-state index is -0.946. The SMILES string of the molecule is C[C@]1(CCc2ccccc2)NC(=O)N(CC(=O)N2CCCC2)C1=O. The molecule has 1 aromatic carbocycles. The van der Waals surface area contributed by atoms with Crippen molar-refractivity contribution < 1.29 is 14.4 Å². The van der Waals surface area contributed by atoms with E-state index in [-0.39, 0.29) is 18.4 Å². The number of rotatable bonds is 5. The molecular weight excluding hydrogens is 306 g/mol. The lowest BCUT2D eigenvalue weighted by Crippen LogP contribution is -2.45. The van der Waals surface area contributed by atoms with Crippen LogP contribution in [0.4, 0.5) is 4.79 Å². The van der Waals surface area contributed by atoms with E-state index in [0.29, 0.717) is 25.9 Å². The van der Waals surface area contributed by atoms with Gasteiger partial charge in [-0.15, -0.1) is 0 Å². The zero-order chi connectivity index (χ0) is 17.2. The number of benzene rings is 1. The van der Waals surface area contributed by atoms with Crippen LogP contribution in [0.15, 0.2) is 30.3 Å². The largest absolute Gasteiger partial charge is 0.341 e. The van der Waals surface area contributed by atoms with E-state index in [1.807, 2.05) is 30.3 Å². The van der Waals surface area contributed by atoms with Crippen LogP contribution in [-0.4, -0.2) is 52.8 Å². The molecule has 6 nitrogen and oxygen atoms in total. The van der Waals surface area contributed by atoms with Crippen LogP contribution in [0, 0.1) is 0 Å². The van der Waals surface area contributed by atoms with E-state index in [9.17, 15) is 14.4 Å². The second-order valence-electron chi connectivity index (χ2n) is 6.73. The Bertz CT molecular complexity index is 640. The Morgan fingerprint density at radius 1 is 1.17 bits per heavy atom. The summed E-state index contributed by atoms with van der Waals surface area (Å²) in [6, 6.07) is 9.38. The Hall–Kier alpha value is -2.37. The van der Waals surface area contributed by atoms with Crippen molar-refractivity contribution in [3.8, 4) is 0 Å². The first-order valence-corrected chi connectivity index (χ1v) is 8.45. The molecule has 0 aromatic heterocycles. The number of aryl methyl sites for hydroxylation is 1. The summed E-state index contributed by atoms with van der Waals surface area (Å²) in [5, 5.41) is 2.76. The van der Waals surface area contributed by atoms with E-state index in [0.717, 1.165) is 23.3 Å². The predicted octanol–water partition coefficient (Wildman–Crippen LogP) is 1.55. The molecule has 1 aromatic rings. The Labute approximate surface area is 141 Å². The highest BCUT2D eigenvalue weighted by atomic mass is 16.2. The summed E-state index contributed by atoms with van der Waals surface area (Å²) in [5.74, 6) is -0.459. The van der Waals surface area contributed by atoms with Crippen molar-refractivity contribution in [2.75, 3.05) is 19.6 Å². The lowest BCUT2D eigenvalue weighted by atomic mass is 9.93. The Morgan fingerprint density at radius 3 is 2.50 bits per heavy atom.